The number of rotatable bonds is 6. The number of nitrogens with zero attached hydrogens (tertiary/aromatic N) is 1. The standard InChI is InChI=1S/C29H27F3N2O3S/c1-19-17-25(28(35)33-23-12-14-24(15-13-23)38(3,36)37)20(2)34(19)27-16-11-22(18-26(27)29(30,31)32)10-9-21-7-5-4-6-8-21/h4-18,20,25H,1-3H3,(H,33,35)/b10-9+. The van der Waals surface area contributed by atoms with Crippen LogP contribution in [0.3, 0.4) is 0 Å². The fraction of sp³-hybridized carbons (Fsp3) is 0.207. The van der Waals surface area contributed by atoms with Crippen LogP contribution in [0.4, 0.5) is 24.5 Å². The van der Waals surface area contributed by atoms with Gasteiger partial charge in [0.15, 0.2) is 9.84 Å². The Hall–Kier alpha value is -3.85. The topological polar surface area (TPSA) is 66.5 Å². The van der Waals surface area contributed by atoms with E-state index in [0.29, 0.717) is 16.9 Å². The largest absolute Gasteiger partial charge is 0.418 e. The van der Waals surface area contributed by atoms with Gasteiger partial charge in [0.05, 0.1) is 22.1 Å². The first-order chi connectivity index (χ1) is 17.8. The smallest absolute Gasteiger partial charge is 0.341 e. The SMILES string of the molecule is CC1=CC(C(=O)Nc2ccc(S(C)(=O)=O)cc2)C(C)N1c1ccc(/C=C/c2ccccc2)cc1C(F)(F)F. The summed E-state index contributed by atoms with van der Waals surface area (Å²) in [6, 6.07) is 18.6. The molecule has 9 heteroatoms. The van der Waals surface area contributed by atoms with Crippen LogP contribution >= 0.6 is 0 Å². The first kappa shape index (κ1) is 27.2. The third-order valence-electron chi connectivity index (χ3n) is 6.43. The number of carbonyl (C=O) groups excluding carboxylic acids is 1. The molecule has 0 saturated heterocycles. The minimum Gasteiger partial charge on any atom is -0.341 e. The van der Waals surface area contributed by atoms with E-state index in [-0.39, 0.29) is 10.6 Å². The number of sulfone groups is 1. The molecular weight excluding hydrogens is 513 g/mol. The summed E-state index contributed by atoms with van der Waals surface area (Å²) in [6.45, 7) is 3.38. The normalized spacial score (nSPS) is 18.1. The van der Waals surface area contributed by atoms with Crippen molar-refractivity contribution in [1.82, 2.24) is 0 Å². The number of hydrogen-bond donors (Lipinski definition) is 1. The molecule has 3 aromatic carbocycles. The summed E-state index contributed by atoms with van der Waals surface area (Å²) in [5.74, 6) is -1.12. The summed E-state index contributed by atoms with van der Waals surface area (Å²) in [4.78, 5) is 14.7. The van der Waals surface area contributed by atoms with Gasteiger partial charge in [-0.25, -0.2) is 8.42 Å². The zero-order valence-corrected chi connectivity index (χ0v) is 21.8. The molecule has 0 aliphatic carbocycles. The molecule has 198 valence electrons. The number of halogens is 3. The fourth-order valence-electron chi connectivity index (χ4n) is 4.53. The molecule has 3 aromatic rings. The number of amides is 1. The van der Waals surface area contributed by atoms with Gasteiger partial charge >= 0.3 is 6.18 Å². The number of benzene rings is 3. The van der Waals surface area contributed by atoms with Crippen molar-refractivity contribution in [2.45, 2.75) is 31.0 Å². The van der Waals surface area contributed by atoms with E-state index in [0.717, 1.165) is 17.9 Å². The van der Waals surface area contributed by atoms with Crippen LogP contribution in [0.15, 0.2) is 89.5 Å². The average molecular weight is 541 g/mol. The number of carbonyl (C=O) groups is 1. The molecule has 1 N–H and O–H groups in total. The molecule has 0 radical (unpaired) electrons. The van der Waals surface area contributed by atoms with Gasteiger partial charge in [-0.2, -0.15) is 13.2 Å². The van der Waals surface area contributed by atoms with Crippen LogP contribution in [0.1, 0.15) is 30.5 Å². The molecule has 0 saturated carbocycles. The molecule has 1 heterocycles. The van der Waals surface area contributed by atoms with E-state index < -0.39 is 39.4 Å². The number of anilines is 2. The van der Waals surface area contributed by atoms with Gasteiger partial charge in [-0.05, 0) is 61.4 Å². The number of nitrogens with one attached hydrogen (secondary N) is 1. The van der Waals surface area contributed by atoms with E-state index in [1.807, 2.05) is 30.3 Å². The number of allylic oxidation sites excluding steroid dienone is 1. The Morgan fingerprint density at radius 3 is 2.18 bits per heavy atom. The molecule has 2 atom stereocenters. The van der Waals surface area contributed by atoms with Gasteiger partial charge in [0.25, 0.3) is 0 Å². The van der Waals surface area contributed by atoms with Crippen molar-refractivity contribution in [2.24, 2.45) is 5.92 Å². The van der Waals surface area contributed by atoms with Crippen molar-refractivity contribution in [3.8, 4) is 0 Å². The molecule has 0 fully saturated rings. The van der Waals surface area contributed by atoms with E-state index >= 15 is 0 Å². The van der Waals surface area contributed by atoms with E-state index in [1.54, 1.807) is 38.1 Å². The summed E-state index contributed by atoms with van der Waals surface area (Å²) in [6.07, 6.45) is 1.52. The molecule has 4 rings (SSSR count). The molecule has 2 unspecified atom stereocenters. The lowest BCUT2D eigenvalue weighted by Gasteiger charge is -2.31. The highest BCUT2D eigenvalue weighted by Gasteiger charge is 2.40. The molecular formula is C29H27F3N2O3S. The highest BCUT2D eigenvalue weighted by molar-refractivity contribution is 7.90. The van der Waals surface area contributed by atoms with E-state index in [4.69, 9.17) is 0 Å². The van der Waals surface area contributed by atoms with E-state index in [2.05, 4.69) is 5.32 Å². The van der Waals surface area contributed by atoms with Crippen molar-refractivity contribution in [1.29, 1.82) is 0 Å². The van der Waals surface area contributed by atoms with E-state index in [9.17, 15) is 26.4 Å². The Bertz CT molecular complexity index is 1500. The van der Waals surface area contributed by atoms with Crippen molar-refractivity contribution in [3.63, 3.8) is 0 Å². The highest BCUT2D eigenvalue weighted by Crippen LogP contribution is 2.42. The van der Waals surface area contributed by atoms with Gasteiger partial charge in [0.1, 0.15) is 0 Å². The fourth-order valence-corrected chi connectivity index (χ4v) is 5.16. The number of hydrogen-bond acceptors (Lipinski definition) is 4. The van der Waals surface area contributed by atoms with Crippen molar-refractivity contribution in [2.75, 3.05) is 16.5 Å². The first-order valence-electron chi connectivity index (χ1n) is 11.9. The molecule has 1 aliphatic heterocycles. The molecule has 1 aliphatic rings. The van der Waals surface area contributed by atoms with Gasteiger partial charge < -0.3 is 10.2 Å². The highest BCUT2D eigenvalue weighted by atomic mass is 32.2. The van der Waals surface area contributed by atoms with Crippen LogP contribution in [0, 0.1) is 5.92 Å². The van der Waals surface area contributed by atoms with Gasteiger partial charge in [-0.1, -0.05) is 54.6 Å². The Labute approximate surface area is 220 Å². The lowest BCUT2D eigenvalue weighted by atomic mass is 10.0. The predicted molar refractivity (Wildman–Crippen MR) is 144 cm³/mol. The van der Waals surface area contributed by atoms with Crippen LogP contribution in [0.5, 0.6) is 0 Å². The average Bonchev–Trinajstić information content (AvgIpc) is 3.16. The summed E-state index contributed by atoms with van der Waals surface area (Å²) in [7, 11) is -3.38. The van der Waals surface area contributed by atoms with Crippen molar-refractivity contribution < 1.29 is 26.4 Å². The zero-order chi connectivity index (χ0) is 27.7. The van der Waals surface area contributed by atoms with Crippen LogP contribution < -0.4 is 10.2 Å². The van der Waals surface area contributed by atoms with Crippen LogP contribution in [0.2, 0.25) is 0 Å². The number of alkyl halides is 3. The lowest BCUT2D eigenvalue weighted by molar-refractivity contribution is -0.137. The van der Waals surface area contributed by atoms with E-state index in [1.165, 1.54) is 35.2 Å². The quantitative estimate of drug-likeness (QED) is 0.356. The van der Waals surface area contributed by atoms with Gasteiger partial charge in [-0.15, -0.1) is 0 Å². The second-order valence-corrected chi connectivity index (χ2v) is 11.3. The summed E-state index contributed by atoms with van der Waals surface area (Å²) in [5, 5.41) is 2.74. The second-order valence-electron chi connectivity index (χ2n) is 9.25. The van der Waals surface area contributed by atoms with Crippen LogP contribution in [0.25, 0.3) is 12.2 Å². The Morgan fingerprint density at radius 1 is 0.947 bits per heavy atom. The monoisotopic (exact) mass is 540 g/mol. The molecule has 1 amide bonds. The minimum absolute atomic E-state index is 0.0246. The minimum atomic E-state index is -4.60. The first-order valence-corrected chi connectivity index (χ1v) is 13.8. The lowest BCUT2D eigenvalue weighted by Crippen LogP contribution is -2.37. The van der Waals surface area contributed by atoms with Crippen LogP contribution in [-0.4, -0.2) is 26.6 Å². The summed E-state index contributed by atoms with van der Waals surface area (Å²) in [5.41, 5.74) is 1.39. The maximum absolute atomic E-state index is 14.2. The second kappa shape index (κ2) is 10.5. The summed E-state index contributed by atoms with van der Waals surface area (Å²) >= 11 is 0. The maximum atomic E-state index is 14.2. The molecule has 38 heavy (non-hydrogen) atoms. The molecule has 5 nitrogen and oxygen atoms in total. The predicted octanol–water partition coefficient (Wildman–Crippen LogP) is 6.65. The summed E-state index contributed by atoms with van der Waals surface area (Å²) < 4.78 is 65.8. The van der Waals surface area contributed by atoms with Gasteiger partial charge in [-0.3, -0.25) is 4.79 Å². The maximum Gasteiger partial charge on any atom is 0.418 e. The van der Waals surface area contributed by atoms with Gasteiger partial charge in [0, 0.05) is 23.7 Å². The van der Waals surface area contributed by atoms with Crippen LogP contribution in [-0.2, 0) is 20.8 Å². The van der Waals surface area contributed by atoms with Crippen molar-refractivity contribution in [3.05, 3.63) is 101 Å². The third kappa shape index (κ3) is 5.99. The van der Waals surface area contributed by atoms with Crippen molar-refractivity contribution >= 4 is 39.3 Å². The Kier molecular flexibility index (Phi) is 7.51. The van der Waals surface area contributed by atoms with Gasteiger partial charge in [0.2, 0.25) is 5.91 Å². The molecule has 0 spiro atoms. The Morgan fingerprint density at radius 2 is 1.58 bits per heavy atom. The molecule has 0 aromatic heterocycles. The third-order valence-corrected chi connectivity index (χ3v) is 7.56. The zero-order valence-electron chi connectivity index (χ0n) is 21.0. The Balaban J connectivity index is 1.58. The molecule has 0 bridgehead atoms.